The largest absolute Gasteiger partial charge is 0.300 e. The lowest BCUT2D eigenvalue weighted by Gasteiger charge is -2.36. The van der Waals surface area contributed by atoms with E-state index in [0.29, 0.717) is 6.54 Å². The summed E-state index contributed by atoms with van der Waals surface area (Å²) in [5, 5.41) is 11.1. The summed E-state index contributed by atoms with van der Waals surface area (Å²) < 4.78 is 0. The predicted molar refractivity (Wildman–Crippen MR) is 93.7 cm³/mol. The molecule has 24 heavy (non-hydrogen) atoms. The summed E-state index contributed by atoms with van der Waals surface area (Å²) >= 11 is 0. The van der Waals surface area contributed by atoms with Crippen molar-refractivity contribution in [3.63, 3.8) is 0 Å². The number of nitro benzene ring substituents is 1. The first kappa shape index (κ1) is 15.8. The SMILES string of the molecule is O=[N+]([O-])c1ccccc1CN1CCN(C[C@@H]2C[C@@H]3C=C[C@H]2C3)CC1. The Morgan fingerprint density at radius 2 is 1.79 bits per heavy atom. The fourth-order valence-corrected chi connectivity index (χ4v) is 4.63. The molecule has 0 aromatic heterocycles. The molecular formula is C19H25N3O2. The van der Waals surface area contributed by atoms with Gasteiger partial charge < -0.3 is 4.90 Å². The van der Waals surface area contributed by atoms with Crippen LogP contribution in [0.1, 0.15) is 18.4 Å². The van der Waals surface area contributed by atoms with Crippen molar-refractivity contribution in [1.82, 2.24) is 9.80 Å². The van der Waals surface area contributed by atoms with Crippen LogP contribution in [0.5, 0.6) is 0 Å². The van der Waals surface area contributed by atoms with Gasteiger partial charge in [-0.25, -0.2) is 0 Å². The smallest absolute Gasteiger partial charge is 0.273 e. The van der Waals surface area contributed by atoms with Gasteiger partial charge in [-0.05, 0) is 30.6 Å². The highest BCUT2D eigenvalue weighted by molar-refractivity contribution is 5.39. The number of hydrogen-bond donors (Lipinski definition) is 0. The van der Waals surface area contributed by atoms with E-state index in [1.165, 1.54) is 19.4 Å². The van der Waals surface area contributed by atoms with Crippen molar-refractivity contribution < 1.29 is 4.92 Å². The Balaban J connectivity index is 1.29. The quantitative estimate of drug-likeness (QED) is 0.474. The van der Waals surface area contributed by atoms with Crippen LogP contribution in [0.2, 0.25) is 0 Å². The van der Waals surface area contributed by atoms with Crippen LogP contribution in [0.15, 0.2) is 36.4 Å². The highest BCUT2D eigenvalue weighted by Gasteiger charge is 2.36. The Hall–Kier alpha value is -1.72. The molecule has 5 heteroatoms. The van der Waals surface area contributed by atoms with Crippen molar-refractivity contribution in [2.24, 2.45) is 17.8 Å². The summed E-state index contributed by atoms with van der Waals surface area (Å²) in [4.78, 5) is 15.8. The zero-order valence-electron chi connectivity index (χ0n) is 14.0. The van der Waals surface area contributed by atoms with E-state index in [0.717, 1.165) is 49.5 Å². The molecule has 1 aromatic carbocycles. The van der Waals surface area contributed by atoms with Crippen LogP contribution >= 0.6 is 0 Å². The van der Waals surface area contributed by atoms with Gasteiger partial charge in [-0.2, -0.15) is 0 Å². The molecule has 1 aliphatic heterocycles. The van der Waals surface area contributed by atoms with Gasteiger partial charge in [-0.15, -0.1) is 0 Å². The number of para-hydroxylation sites is 1. The zero-order chi connectivity index (χ0) is 16.5. The zero-order valence-corrected chi connectivity index (χ0v) is 14.0. The first-order chi connectivity index (χ1) is 11.7. The van der Waals surface area contributed by atoms with E-state index in [-0.39, 0.29) is 10.6 Å². The number of nitro groups is 1. The van der Waals surface area contributed by atoms with Crippen LogP contribution in [0.25, 0.3) is 0 Å². The van der Waals surface area contributed by atoms with Crippen LogP contribution in [-0.2, 0) is 6.54 Å². The van der Waals surface area contributed by atoms with Crippen molar-refractivity contribution in [2.75, 3.05) is 32.7 Å². The number of hydrogen-bond acceptors (Lipinski definition) is 4. The van der Waals surface area contributed by atoms with Gasteiger partial charge >= 0.3 is 0 Å². The molecular weight excluding hydrogens is 302 g/mol. The van der Waals surface area contributed by atoms with E-state index < -0.39 is 0 Å². The van der Waals surface area contributed by atoms with E-state index in [1.807, 2.05) is 12.1 Å². The Kier molecular flexibility index (Phi) is 4.37. The molecule has 5 nitrogen and oxygen atoms in total. The first-order valence-electron chi connectivity index (χ1n) is 9.04. The lowest BCUT2D eigenvalue weighted by molar-refractivity contribution is -0.385. The Bertz CT molecular complexity index is 637. The third-order valence-electron chi connectivity index (χ3n) is 5.96. The van der Waals surface area contributed by atoms with Crippen LogP contribution in [0, 0.1) is 27.9 Å². The van der Waals surface area contributed by atoms with E-state index in [9.17, 15) is 10.1 Å². The van der Waals surface area contributed by atoms with E-state index in [4.69, 9.17) is 0 Å². The lowest BCUT2D eigenvalue weighted by Crippen LogP contribution is -2.47. The summed E-state index contributed by atoms with van der Waals surface area (Å²) in [5.74, 6) is 2.52. The Labute approximate surface area is 143 Å². The maximum Gasteiger partial charge on any atom is 0.273 e. The highest BCUT2D eigenvalue weighted by atomic mass is 16.6. The lowest BCUT2D eigenvalue weighted by atomic mass is 9.93. The molecule has 128 valence electrons. The molecule has 2 bridgehead atoms. The van der Waals surface area contributed by atoms with Gasteiger partial charge in [-0.3, -0.25) is 15.0 Å². The minimum absolute atomic E-state index is 0.244. The monoisotopic (exact) mass is 327 g/mol. The van der Waals surface area contributed by atoms with Crippen LogP contribution < -0.4 is 0 Å². The van der Waals surface area contributed by atoms with Gasteiger partial charge in [0, 0.05) is 50.9 Å². The average Bonchev–Trinajstić information content (AvgIpc) is 3.20. The van der Waals surface area contributed by atoms with Crippen molar-refractivity contribution in [3.8, 4) is 0 Å². The number of benzene rings is 1. The van der Waals surface area contributed by atoms with Crippen molar-refractivity contribution >= 4 is 5.69 Å². The average molecular weight is 327 g/mol. The highest BCUT2D eigenvalue weighted by Crippen LogP contribution is 2.43. The van der Waals surface area contributed by atoms with E-state index in [1.54, 1.807) is 12.1 Å². The minimum atomic E-state index is -0.270. The van der Waals surface area contributed by atoms with Crippen molar-refractivity contribution in [3.05, 3.63) is 52.1 Å². The molecule has 2 fully saturated rings. The molecule has 4 rings (SSSR count). The molecule has 1 heterocycles. The van der Waals surface area contributed by atoms with Gasteiger partial charge in [0.2, 0.25) is 0 Å². The van der Waals surface area contributed by atoms with Crippen LogP contribution in [0.3, 0.4) is 0 Å². The third-order valence-corrected chi connectivity index (χ3v) is 5.96. The molecule has 2 aliphatic carbocycles. The van der Waals surface area contributed by atoms with E-state index in [2.05, 4.69) is 22.0 Å². The number of fused-ring (bicyclic) bond motifs is 2. The van der Waals surface area contributed by atoms with Gasteiger partial charge in [0.25, 0.3) is 5.69 Å². The first-order valence-corrected chi connectivity index (χ1v) is 9.04. The van der Waals surface area contributed by atoms with Gasteiger partial charge in [0.15, 0.2) is 0 Å². The fraction of sp³-hybridized carbons (Fsp3) is 0.579. The summed E-state index contributed by atoms with van der Waals surface area (Å²) in [6.07, 6.45) is 7.59. The summed E-state index contributed by atoms with van der Waals surface area (Å²) in [7, 11) is 0. The maximum atomic E-state index is 11.1. The molecule has 1 saturated heterocycles. The molecule has 3 aliphatic rings. The second kappa shape index (κ2) is 6.65. The third kappa shape index (κ3) is 3.23. The number of piperazine rings is 1. The molecule has 0 spiro atoms. The van der Waals surface area contributed by atoms with Crippen LogP contribution in [0.4, 0.5) is 5.69 Å². The molecule has 1 saturated carbocycles. The second-order valence-corrected chi connectivity index (χ2v) is 7.50. The standard InChI is InChI=1S/C19H25N3O2/c23-22(24)19-4-2-1-3-17(19)13-20-7-9-21(10-8-20)14-18-12-15-5-6-16(18)11-15/h1-6,15-16,18H,7-14H2/t15-,16+,18+/m1/s1. The second-order valence-electron chi connectivity index (χ2n) is 7.50. The molecule has 0 radical (unpaired) electrons. The number of nitrogens with zero attached hydrogens (tertiary/aromatic N) is 3. The molecule has 0 unspecified atom stereocenters. The topological polar surface area (TPSA) is 49.6 Å². The Morgan fingerprint density at radius 3 is 2.46 bits per heavy atom. The number of allylic oxidation sites excluding steroid dienone is 2. The Morgan fingerprint density at radius 1 is 1.04 bits per heavy atom. The molecule has 0 N–H and O–H groups in total. The minimum Gasteiger partial charge on any atom is -0.300 e. The molecule has 0 amide bonds. The predicted octanol–water partition coefficient (Wildman–Crippen LogP) is 2.92. The van der Waals surface area contributed by atoms with Gasteiger partial charge in [0.1, 0.15) is 0 Å². The summed E-state index contributed by atoms with van der Waals surface area (Å²) in [5.41, 5.74) is 1.07. The van der Waals surface area contributed by atoms with Gasteiger partial charge in [-0.1, -0.05) is 30.4 Å². The molecule has 1 aromatic rings. The normalized spacial score (nSPS) is 30.1. The number of rotatable bonds is 5. The molecule has 3 atom stereocenters. The summed E-state index contributed by atoms with van der Waals surface area (Å²) in [6.45, 7) is 6.08. The van der Waals surface area contributed by atoms with Crippen LogP contribution in [-0.4, -0.2) is 47.4 Å². The maximum absolute atomic E-state index is 11.1. The van der Waals surface area contributed by atoms with Crippen molar-refractivity contribution in [2.45, 2.75) is 19.4 Å². The van der Waals surface area contributed by atoms with Gasteiger partial charge in [0.05, 0.1) is 4.92 Å². The fourth-order valence-electron chi connectivity index (χ4n) is 4.63. The van der Waals surface area contributed by atoms with Crippen molar-refractivity contribution in [1.29, 1.82) is 0 Å². The van der Waals surface area contributed by atoms with E-state index >= 15 is 0 Å². The summed E-state index contributed by atoms with van der Waals surface area (Å²) in [6, 6.07) is 7.12.